The second-order valence-corrected chi connectivity index (χ2v) is 12.2. The minimum absolute atomic E-state index is 0.331. The van der Waals surface area contributed by atoms with Crippen LogP contribution in [0, 0.1) is 40.4 Å². The number of hydrogen-bond acceptors (Lipinski definition) is 2. The Morgan fingerprint density at radius 1 is 1.14 bits per heavy atom. The number of fused-ring (bicyclic) bond motifs is 5. The fraction of sp³-hybridized carbons (Fsp3) is 0.889. The van der Waals surface area contributed by atoms with E-state index in [9.17, 15) is 9.90 Å². The molecule has 0 aromatic carbocycles. The van der Waals surface area contributed by atoms with Crippen molar-refractivity contribution >= 4 is 5.78 Å². The first kappa shape index (κ1) is 21.6. The average Bonchev–Trinajstić information content (AvgIpc) is 2.99. The molecule has 0 aromatic rings. The van der Waals surface area contributed by atoms with Crippen molar-refractivity contribution in [2.45, 2.75) is 111 Å². The number of aliphatic hydroxyl groups is 1. The normalized spacial score (nSPS) is 47.6. The van der Waals surface area contributed by atoms with E-state index in [4.69, 9.17) is 0 Å². The molecule has 0 aromatic heterocycles. The monoisotopic (exact) mass is 400 g/mol. The lowest BCUT2D eigenvalue weighted by molar-refractivity contribution is -0.117. The molecule has 2 unspecified atom stereocenters. The third kappa shape index (κ3) is 3.66. The van der Waals surface area contributed by atoms with Gasteiger partial charge in [0, 0.05) is 6.42 Å². The lowest BCUT2D eigenvalue weighted by Crippen LogP contribution is -2.52. The van der Waals surface area contributed by atoms with Crippen molar-refractivity contribution in [3.63, 3.8) is 0 Å². The second kappa shape index (κ2) is 7.50. The summed E-state index contributed by atoms with van der Waals surface area (Å²) in [6, 6.07) is 0. The zero-order valence-electron chi connectivity index (χ0n) is 19.6. The molecule has 1 N–H and O–H groups in total. The van der Waals surface area contributed by atoms with Crippen molar-refractivity contribution in [1.29, 1.82) is 0 Å². The maximum Gasteiger partial charge on any atom is 0.129 e. The SMILES string of the molecule is CC(=O)CCC[C@@H](C)[C@H]1CC[C@H]2C3CC=C4C[C@@](C)(O)CCC4(C)[C@H]3CC[C@]12C. The molecule has 4 aliphatic rings. The van der Waals surface area contributed by atoms with Crippen molar-refractivity contribution in [2.75, 3.05) is 0 Å². The van der Waals surface area contributed by atoms with Crippen LogP contribution in [0.5, 0.6) is 0 Å². The Morgan fingerprint density at radius 2 is 1.90 bits per heavy atom. The molecule has 4 aliphatic carbocycles. The zero-order valence-corrected chi connectivity index (χ0v) is 19.6. The van der Waals surface area contributed by atoms with Crippen LogP contribution in [0.1, 0.15) is 105 Å². The molecule has 3 fully saturated rings. The van der Waals surface area contributed by atoms with E-state index in [0.717, 1.165) is 55.3 Å². The van der Waals surface area contributed by atoms with E-state index < -0.39 is 5.60 Å². The zero-order chi connectivity index (χ0) is 21.0. The molecule has 3 saturated carbocycles. The number of allylic oxidation sites excluding steroid dienone is 1. The van der Waals surface area contributed by atoms with Gasteiger partial charge in [0.15, 0.2) is 0 Å². The number of Topliss-reactive ketones (excluding diaryl/α,β-unsaturated/α-hetero) is 1. The van der Waals surface area contributed by atoms with E-state index in [0.29, 0.717) is 16.6 Å². The van der Waals surface area contributed by atoms with E-state index in [-0.39, 0.29) is 0 Å². The third-order valence-corrected chi connectivity index (χ3v) is 10.3. The van der Waals surface area contributed by atoms with Gasteiger partial charge in [-0.05, 0) is 112 Å². The van der Waals surface area contributed by atoms with E-state index in [1.165, 1.54) is 44.9 Å². The summed E-state index contributed by atoms with van der Waals surface area (Å²) in [5, 5.41) is 10.7. The minimum atomic E-state index is -0.491. The Morgan fingerprint density at radius 3 is 2.62 bits per heavy atom. The van der Waals surface area contributed by atoms with Gasteiger partial charge < -0.3 is 9.90 Å². The van der Waals surface area contributed by atoms with Gasteiger partial charge in [0.25, 0.3) is 0 Å². The van der Waals surface area contributed by atoms with Gasteiger partial charge in [-0.1, -0.05) is 38.8 Å². The number of carbonyl (C=O) groups is 1. The van der Waals surface area contributed by atoms with Crippen molar-refractivity contribution in [3.8, 4) is 0 Å². The molecule has 0 radical (unpaired) electrons. The molecule has 29 heavy (non-hydrogen) atoms. The molecular formula is C27H44O2. The highest BCUT2D eigenvalue weighted by Crippen LogP contribution is 2.67. The fourth-order valence-corrected chi connectivity index (χ4v) is 8.65. The predicted octanol–water partition coefficient (Wildman–Crippen LogP) is 6.71. The lowest BCUT2D eigenvalue weighted by Gasteiger charge is -2.59. The van der Waals surface area contributed by atoms with Gasteiger partial charge in [0.05, 0.1) is 5.60 Å². The molecule has 0 heterocycles. The van der Waals surface area contributed by atoms with Crippen LogP contribution in [0.25, 0.3) is 0 Å². The molecule has 0 bridgehead atoms. The van der Waals surface area contributed by atoms with Gasteiger partial charge in [-0.2, -0.15) is 0 Å². The van der Waals surface area contributed by atoms with Gasteiger partial charge in [-0.3, -0.25) is 0 Å². The Labute approximate surface area is 178 Å². The molecule has 0 aliphatic heterocycles. The Kier molecular flexibility index (Phi) is 5.59. The van der Waals surface area contributed by atoms with Gasteiger partial charge in [-0.15, -0.1) is 0 Å². The number of hydrogen-bond donors (Lipinski definition) is 1. The fourth-order valence-electron chi connectivity index (χ4n) is 8.65. The van der Waals surface area contributed by atoms with Gasteiger partial charge >= 0.3 is 0 Å². The van der Waals surface area contributed by atoms with Crippen molar-refractivity contribution < 1.29 is 9.90 Å². The van der Waals surface area contributed by atoms with Crippen molar-refractivity contribution in [3.05, 3.63) is 11.6 Å². The maximum atomic E-state index is 11.4. The Bertz CT molecular complexity index is 676. The summed E-state index contributed by atoms with van der Waals surface area (Å²) in [4.78, 5) is 11.4. The molecule has 0 amide bonds. The largest absolute Gasteiger partial charge is 0.390 e. The Hall–Kier alpha value is -0.630. The van der Waals surface area contributed by atoms with Crippen LogP contribution in [-0.2, 0) is 4.79 Å². The first-order valence-corrected chi connectivity index (χ1v) is 12.5. The summed E-state index contributed by atoms with van der Waals surface area (Å²) in [5.41, 5.74) is 1.91. The third-order valence-electron chi connectivity index (χ3n) is 10.3. The summed E-state index contributed by atoms with van der Waals surface area (Å²) >= 11 is 0. The molecule has 4 rings (SSSR count). The van der Waals surface area contributed by atoms with Crippen LogP contribution in [0.2, 0.25) is 0 Å². The van der Waals surface area contributed by atoms with Crippen LogP contribution in [0.4, 0.5) is 0 Å². The molecule has 2 heteroatoms. The Balaban J connectivity index is 1.50. The lowest BCUT2D eigenvalue weighted by atomic mass is 9.46. The van der Waals surface area contributed by atoms with Crippen LogP contribution in [-0.4, -0.2) is 16.5 Å². The molecule has 0 saturated heterocycles. The number of ketones is 1. The summed E-state index contributed by atoms with van der Waals surface area (Å²) in [6.07, 6.45) is 15.5. The van der Waals surface area contributed by atoms with Crippen molar-refractivity contribution in [1.82, 2.24) is 0 Å². The van der Waals surface area contributed by atoms with Gasteiger partial charge in [-0.25, -0.2) is 0 Å². The maximum absolute atomic E-state index is 11.4. The molecule has 8 atom stereocenters. The predicted molar refractivity (Wildman–Crippen MR) is 120 cm³/mol. The highest BCUT2D eigenvalue weighted by Gasteiger charge is 2.59. The standard InChI is InChI=1S/C27H44O2/c1-18(7-6-8-19(2)28)22-11-12-23-21-10-9-20-17-25(3,29)15-16-26(20,4)24(21)13-14-27(22,23)5/h9,18,21-24,29H,6-8,10-17H2,1-5H3/t18-,21?,22-,23+,24+,25+,26?,27-/m1/s1. The van der Waals surface area contributed by atoms with Crippen LogP contribution in [0.15, 0.2) is 11.6 Å². The number of rotatable bonds is 5. The van der Waals surface area contributed by atoms with Crippen LogP contribution in [0.3, 0.4) is 0 Å². The van der Waals surface area contributed by atoms with Gasteiger partial charge in [0.1, 0.15) is 5.78 Å². The number of carbonyl (C=O) groups excluding carboxylic acids is 1. The summed E-state index contributed by atoms with van der Waals surface area (Å²) < 4.78 is 0. The van der Waals surface area contributed by atoms with Gasteiger partial charge in [0.2, 0.25) is 0 Å². The van der Waals surface area contributed by atoms with E-state index in [1.807, 2.05) is 6.92 Å². The minimum Gasteiger partial charge on any atom is -0.390 e. The summed E-state index contributed by atoms with van der Waals surface area (Å²) in [5.74, 6) is 4.47. The smallest absolute Gasteiger partial charge is 0.129 e. The van der Waals surface area contributed by atoms with E-state index >= 15 is 0 Å². The first-order chi connectivity index (χ1) is 13.6. The average molecular weight is 401 g/mol. The van der Waals surface area contributed by atoms with E-state index in [1.54, 1.807) is 12.5 Å². The van der Waals surface area contributed by atoms with E-state index in [2.05, 4.69) is 26.8 Å². The summed E-state index contributed by atoms with van der Waals surface area (Å²) in [6.45, 7) is 11.4. The first-order valence-electron chi connectivity index (χ1n) is 12.5. The topological polar surface area (TPSA) is 37.3 Å². The highest BCUT2D eigenvalue weighted by molar-refractivity contribution is 5.75. The summed E-state index contributed by atoms with van der Waals surface area (Å²) in [7, 11) is 0. The van der Waals surface area contributed by atoms with Crippen LogP contribution >= 0.6 is 0 Å². The molecule has 164 valence electrons. The second-order valence-electron chi connectivity index (χ2n) is 12.2. The van der Waals surface area contributed by atoms with Crippen molar-refractivity contribution in [2.24, 2.45) is 40.4 Å². The quantitative estimate of drug-likeness (QED) is 0.521. The highest BCUT2D eigenvalue weighted by atomic mass is 16.3. The molecular weight excluding hydrogens is 356 g/mol. The molecule has 2 nitrogen and oxygen atoms in total. The molecule has 0 spiro atoms. The van der Waals surface area contributed by atoms with Crippen LogP contribution < -0.4 is 0 Å².